The average Bonchev–Trinajstić information content (AvgIpc) is 3.07. The maximum atomic E-state index is 12.5. The fraction of sp³-hybridized carbons (Fsp3) is 0.167. The highest BCUT2D eigenvalue weighted by Crippen LogP contribution is 2.29. The average molecular weight is 369 g/mol. The minimum atomic E-state index is -0.287. The van der Waals surface area contributed by atoms with E-state index in [1.54, 1.807) is 25.1 Å². The van der Waals surface area contributed by atoms with E-state index in [0.717, 1.165) is 11.1 Å². The van der Waals surface area contributed by atoms with Crippen LogP contribution in [0.15, 0.2) is 30.5 Å². The predicted octanol–water partition coefficient (Wildman–Crippen LogP) is 3.75. The zero-order valence-corrected chi connectivity index (χ0v) is 15.4. The lowest BCUT2D eigenvalue weighted by Crippen LogP contribution is -2.12. The van der Waals surface area contributed by atoms with Crippen LogP contribution in [-0.2, 0) is 0 Å². The number of amides is 1. The van der Waals surface area contributed by atoms with Gasteiger partial charge in [-0.25, -0.2) is 9.97 Å². The number of nitrogens with zero attached hydrogens (tertiary/aromatic N) is 2. The highest BCUT2D eigenvalue weighted by atomic mass is 32.1. The van der Waals surface area contributed by atoms with Gasteiger partial charge in [-0.1, -0.05) is 23.5 Å². The molecule has 0 atom stereocenters. The molecular formula is C18H19N5O2S. The number of phenolic OH excluding ortho intramolecular Hbond substituents is 1. The molecule has 0 radical (unpaired) electrons. The Bertz CT molecular complexity index is 984. The number of anilines is 4. The van der Waals surface area contributed by atoms with Crippen molar-refractivity contribution in [3.05, 3.63) is 52.0 Å². The summed E-state index contributed by atoms with van der Waals surface area (Å²) in [6.07, 6.45) is 1.50. The molecule has 0 bridgehead atoms. The lowest BCUT2D eigenvalue weighted by Gasteiger charge is -2.12. The normalized spacial score (nSPS) is 10.6. The lowest BCUT2D eigenvalue weighted by atomic mass is 10.1. The number of carbonyl (C=O) groups excluding carboxylic acids is 1. The van der Waals surface area contributed by atoms with E-state index in [2.05, 4.69) is 20.6 Å². The van der Waals surface area contributed by atoms with Gasteiger partial charge in [-0.15, -0.1) is 0 Å². The summed E-state index contributed by atoms with van der Waals surface area (Å²) < 4.78 is 0. The molecule has 7 nitrogen and oxygen atoms in total. The number of aromatic nitrogens is 2. The number of hydrogen-bond acceptors (Lipinski definition) is 7. The van der Waals surface area contributed by atoms with Crippen LogP contribution in [0.2, 0.25) is 0 Å². The van der Waals surface area contributed by atoms with Crippen molar-refractivity contribution in [1.29, 1.82) is 0 Å². The minimum absolute atomic E-state index is 0.140. The molecule has 0 fully saturated rings. The fourth-order valence-corrected chi connectivity index (χ4v) is 3.12. The first kappa shape index (κ1) is 17.7. The van der Waals surface area contributed by atoms with Gasteiger partial charge in [0, 0.05) is 5.56 Å². The molecule has 5 N–H and O–H groups in total. The number of rotatable bonds is 4. The molecule has 0 aliphatic carbocycles. The first-order valence-electron chi connectivity index (χ1n) is 7.91. The Morgan fingerprint density at radius 1 is 1.15 bits per heavy atom. The summed E-state index contributed by atoms with van der Waals surface area (Å²) in [5, 5.41) is 16.3. The molecule has 1 aromatic carbocycles. The second kappa shape index (κ2) is 7.01. The molecule has 2 heterocycles. The molecule has 2 aromatic heterocycles. The van der Waals surface area contributed by atoms with Crippen LogP contribution in [0, 0.1) is 20.8 Å². The summed E-state index contributed by atoms with van der Waals surface area (Å²) in [4.78, 5) is 21.4. The third-order valence-corrected chi connectivity index (χ3v) is 4.87. The number of aromatic hydroxyl groups is 1. The van der Waals surface area contributed by atoms with E-state index < -0.39 is 0 Å². The SMILES string of the molecule is Cc1ccc(N)nc1Nc1ncc(C(=O)Nc2c(C)ccc(O)c2C)s1. The quantitative estimate of drug-likeness (QED) is 0.557. The number of carbonyl (C=O) groups is 1. The number of thiazole rings is 1. The van der Waals surface area contributed by atoms with E-state index in [1.165, 1.54) is 17.5 Å². The van der Waals surface area contributed by atoms with Crippen molar-refractivity contribution in [1.82, 2.24) is 9.97 Å². The lowest BCUT2D eigenvalue weighted by molar-refractivity contribution is 0.103. The van der Waals surface area contributed by atoms with Crippen LogP contribution in [0.3, 0.4) is 0 Å². The predicted molar refractivity (Wildman–Crippen MR) is 104 cm³/mol. The van der Waals surface area contributed by atoms with Crippen molar-refractivity contribution < 1.29 is 9.90 Å². The number of nitrogens with two attached hydrogens (primary N) is 1. The van der Waals surface area contributed by atoms with Gasteiger partial charge >= 0.3 is 0 Å². The molecule has 0 spiro atoms. The number of phenols is 1. The highest BCUT2D eigenvalue weighted by Gasteiger charge is 2.15. The van der Waals surface area contributed by atoms with Crippen LogP contribution >= 0.6 is 11.3 Å². The third kappa shape index (κ3) is 3.60. The minimum Gasteiger partial charge on any atom is -0.508 e. The van der Waals surface area contributed by atoms with Gasteiger partial charge in [-0.2, -0.15) is 0 Å². The maximum Gasteiger partial charge on any atom is 0.267 e. The topological polar surface area (TPSA) is 113 Å². The molecule has 3 rings (SSSR count). The fourth-order valence-electron chi connectivity index (χ4n) is 2.41. The second-order valence-electron chi connectivity index (χ2n) is 5.91. The zero-order chi connectivity index (χ0) is 18.8. The first-order valence-corrected chi connectivity index (χ1v) is 8.73. The number of hydrogen-bond donors (Lipinski definition) is 4. The van der Waals surface area contributed by atoms with Crippen LogP contribution in [0.5, 0.6) is 5.75 Å². The molecule has 0 unspecified atom stereocenters. The number of aryl methyl sites for hydroxylation is 2. The molecule has 134 valence electrons. The van der Waals surface area contributed by atoms with Crippen molar-refractivity contribution in [2.45, 2.75) is 20.8 Å². The number of benzene rings is 1. The summed E-state index contributed by atoms with van der Waals surface area (Å²) >= 11 is 1.21. The van der Waals surface area contributed by atoms with Gasteiger partial charge in [0.1, 0.15) is 22.3 Å². The van der Waals surface area contributed by atoms with Gasteiger partial charge < -0.3 is 21.5 Å². The summed E-state index contributed by atoms with van der Waals surface area (Å²) in [6, 6.07) is 6.95. The van der Waals surface area contributed by atoms with Gasteiger partial charge in [-0.05, 0) is 44.0 Å². The summed E-state index contributed by atoms with van der Waals surface area (Å²) in [5.74, 6) is 0.860. The Balaban J connectivity index is 1.79. The van der Waals surface area contributed by atoms with E-state index >= 15 is 0 Å². The largest absolute Gasteiger partial charge is 0.508 e. The molecule has 1 amide bonds. The van der Waals surface area contributed by atoms with Crippen molar-refractivity contribution in [3.63, 3.8) is 0 Å². The van der Waals surface area contributed by atoms with Gasteiger partial charge in [0.25, 0.3) is 5.91 Å². The Morgan fingerprint density at radius 3 is 2.65 bits per heavy atom. The Kier molecular flexibility index (Phi) is 4.77. The van der Waals surface area contributed by atoms with Gasteiger partial charge in [0.2, 0.25) is 0 Å². The highest BCUT2D eigenvalue weighted by molar-refractivity contribution is 7.17. The van der Waals surface area contributed by atoms with Crippen LogP contribution in [-0.4, -0.2) is 21.0 Å². The Labute approximate surface area is 154 Å². The molecule has 3 aromatic rings. The molecule has 0 saturated carbocycles. The van der Waals surface area contributed by atoms with Crippen molar-refractivity contribution in [2.24, 2.45) is 0 Å². The van der Waals surface area contributed by atoms with Crippen LogP contribution < -0.4 is 16.4 Å². The van der Waals surface area contributed by atoms with Gasteiger partial charge in [-0.3, -0.25) is 4.79 Å². The van der Waals surface area contributed by atoms with Gasteiger partial charge in [0.05, 0.1) is 11.9 Å². The monoisotopic (exact) mass is 369 g/mol. The molecular weight excluding hydrogens is 350 g/mol. The van der Waals surface area contributed by atoms with Crippen molar-refractivity contribution in [2.75, 3.05) is 16.4 Å². The van der Waals surface area contributed by atoms with E-state index in [4.69, 9.17) is 5.73 Å². The Hall–Kier alpha value is -3.13. The molecule has 0 aliphatic heterocycles. The third-order valence-electron chi connectivity index (χ3n) is 3.96. The van der Waals surface area contributed by atoms with Crippen molar-refractivity contribution >= 4 is 39.7 Å². The standard InChI is InChI=1S/C18H19N5O2S/c1-9-4-6-12(24)11(3)15(9)22-17(25)13-8-20-18(26-13)23-16-10(2)5-7-14(19)21-16/h4-8,24H,1-3H3,(H,22,25)(H3,19,20,21,23). The van der Waals surface area contributed by atoms with E-state index in [0.29, 0.717) is 32.9 Å². The summed E-state index contributed by atoms with van der Waals surface area (Å²) in [6.45, 7) is 5.53. The van der Waals surface area contributed by atoms with Crippen molar-refractivity contribution in [3.8, 4) is 5.75 Å². The number of nitrogens with one attached hydrogen (secondary N) is 2. The smallest absolute Gasteiger partial charge is 0.267 e. The zero-order valence-electron chi connectivity index (χ0n) is 14.6. The number of pyridine rings is 1. The summed E-state index contributed by atoms with van der Waals surface area (Å²) in [5.41, 5.74) is 8.73. The molecule has 26 heavy (non-hydrogen) atoms. The van der Waals surface area contributed by atoms with Crippen LogP contribution in [0.25, 0.3) is 0 Å². The maximum absolute atomic E-state index is 12.5. The van der Waals surface area contributed by atoms with E-state index in [-0.39, 0.29) is 11.7 Å². The van der Waals surface area contributed by atoms with Crippen LogP contribution in [0.1, 0.15) is 26.4 Å². The molecule has 0 aliphatic rings. The Morgan fingerprint density at radius 2 is 1.88 bits per heavy atom. The second-order valence-corrected chi connectivity index (χ2v) is 6.94. The first-order chi connectivity index (χ1) is 12.3. The van der Waals surface area contributed by atoms with Gasteiger partial charge in [0.15, 0.2) is 5.13 Å². The van der Waals surface area contributed by atoms with Crippen LogP contribution in [0.4, 0.5) is 22.5 Å². The number of nitrogen functional groups attached to an aromatic ring is 1. The molecule has 0 saturated heterocycles. The molecule has 8 heteroatoms. The van der Waals surface area contributed by atoms with E-state index in [1.807, 2.05) is 19.9 Å². The van der Waals surface area contributed by atoms with E-state index in [9.17, 15) is 9.90 Å². The summed E-state index contributed by atoms with van der Waals surface area (Å²) in [7, 11) is 0.